The number of aromatic nitrogens is 5. The minimum atomic E-state index is 0.478. The van der Waals surface area contributed by atoms with Crippen molar-refractivity contribution in [1.29, 1.82) is 0 Å². The SMILES string of the molecule is CC(C)CCC[C@@H](C)[C@H]1CC[C@H]2[C@@H]3CCC4CC(c5ccc(-c6nc(-c7ccccc7)nc(-c7cccc(-n8c9ccccc9c9cc%10c%11ccccc%11n(-c%11ccccc%11)c%10cc98)c7)n6)cc5)CC[C@]4(C)C3CC[C@]12C. The molecule has 4 aliphatic carbocycles. The molecule has 77 heavy (non-hydrogen) atoms. The van der Waals surface area contributed by atoms with Crippen molar-refractivity contribution >= 4 is 43.6 Å². The number of benzene rings is 7. The smallest absolute Gasteiger partial charge is 0.164 e. The van der Waals surface area contributed by atoms with E-state index in [1.165, 1.54) is 115 Å². The van der Waals surface area contributed by atoms with Gasteiger partial charge in [-0.25, -0.2) is 15.0 Å². The molecule has 0 spiro atoms. The predicted octanol–water partition coefficient (Wildman–Crippen LogP) is 19.3. The van der Waals surface area contributed by atoms with Crippen molar-refractivity contribution in [3.05, 3.63) is 175 Å². The van der Waals surface area contributed by atoms with Crippen LogP contribution in [0.15, 0.2) is 170 Å². The molecule has 5 heteroatoms. The summed E-state index contributed by atoms with van der Waals surface area (Å²) in [6.07, 6.45) is 17.0. The Morgan fingerprint density at radius 2 is 1.04 bits per heavy atom. The van der Waals surface area contributed by atoms with Crippen molar-refractivity contribution in [2.24, 2.45) is 52.3 Å². The first-order valence-electron chi connectivity index (χ1n) is 29.7. The van der Waals surface area contributed by atoms with Gasteiger partial charge >= 0.3 is 0 Å². The Morgan fingerprint density at radius 3 is 1.73 bits per heavy atom. The second kappa shape index (κ2) is 19.3. The highest BCUT2D eigenvalue weighted by Gasteiger charge is 2.60. The molecule has 0 bridgehead atoms. The Balaban J connectivity index is 0.761. The van der Waals surface area contributed by atoms with Crippen LogP contribution in [0.5, 0.6) is 0 Å². The first kappa shape index (κ1) is 48.5. The van der Waals surface area contributed by atoms with Gasteiger partial charge in [-0.1, -0.05) is 175 Å². The van der Waals surface area contributed by atoms with Gasteiger partial charge < -0.3 is 9.13 Å². The van der Waals surface area contributed by atoms with Gasteiger partial charge in [0.2, 0.25) is 0 Å². The molecule has 388 valence electrons. The molecule has 4 fully saturated rings. The van der Waals surface area contributed by atoms with E-state index in [9.17, 15) is 0 Å². The summed E-state index contributed by atoms with van der Waals surface area (Å²) in [5, 5.41) is 4.96. The number of para-hydroxylation sites is 3. The van der Waals surface area contributed by atoms with Crippen LogP contribution in [-0.4, -0.2) is 24.1 Å². The van der Waals surface area contributed by atoms with Gasteiger partial charge in [-0.2, -0.15) is 0 Å². The van der Waals surface area contributed by atoms with Crippen LogP contribution in [0.3, 0.4) is 0 Å². The van der Waals surface area contributed by atoms with Crippen molar-refractivity contribution in [1.82, 2.24) is 24.1 Å². The molecule has 0 aliphatic heterocycles. The van der Waals surface area contributed by atoms with Gasteiger partial charge in [-0.15, -0.1) is 0 Å². The predicted molar refractivity (Wildman–Crippen MR) is 321 cm³/mol. The Bertz CT molecular complexity index is 3790. The molecule has 3 unspecified atom stereocenters. The molecule has 9 atom stereocenters. The van der Waals surface area contributed by atoms with Crippen LogP contribution in [0.25, 0.3) is 89.2 Å². The third-order valence-electron chi connectivity index (χ3n) is 21.0. The van der Waals surface area contributed by atoms with Gasteiger partial charge in [-0.3, -0.25) is 0 Å². The summed E-state index contributed by atoms with van der Waals surface area (Å²) < 4.78 is 4.83. The quantitative estimate of drug-likeness (QED) is 0.130. The fraction of sp³-hybridized carbons (Fsp3) is 0.375. The number of hydrogen-bond acceptors (Lipinski definition) is 3. The normalized spacial score (nSPS) is 25.6. The zero-order chi connectivity index (χ0) is 52.0. The maximum atomic E-state index is 5.33. The Morgan fingerprint density at radius 1 is 0.468 bits per heavy atom. The number of rotatable bonds is 11. The molecule has 0 N–H and O–H groups in total. The summed E-state index contributed by atoms with van der Waals surface area (Å²) in [7, 11) is 0. The standard InChI is InChI=1S/C72H75N5/c1-46(2)18-16-19-47(3)61-36-37-62-58-35-34-53-42-51(38-40-71(53,4)63(58)39-41-72(61,62)5)48-30-32-50(33-31-48)69-73-68(49-20-8-6-9-21-49)74-70(75-69)52-22-17-25-55(43-52)77-65-29-15-13-27-57(65)60-44-59-56-26-12-14-28-64(56)76(66(59)45-67(60)77)54-23-10-7-11-24-54/h6-15,17,20-33,43-47,51,53,58,61-63H,16,18-19,34-42H2,1-5H3/t47-,51?,53?,58+,61-,62+,63?,71+,72-/m1/s1. The van der Waals surface area contributed by atoms with E-state index in [1.54, 1.807) is 0 Å². The van der Waals surface area contributed by atoms with Crippen LogP contribution in [0.1, 0.15) is 123 Å². The lowest BCUT2D eigenvalue weighted by Gasteiger charge is -2.61. The molecule has 3 heterocycles. The highest BCUT2D eigenvalue weighted by atomic mass is 15.0. The van der Waals surface area contributed by atoms with E-state index in [0.717, 1.165) is 80.5 Å². The first-order valence-corrected chi connectivity index (χ1v) is 29.7. The largest absolute Gasteiger partial charge is 0.309 e. The molecule has 0 radical (unpaired) electrons. The topological polar surface area (TPSA) is 48.5 Å². The first-order chi connectivity index (χ1) is 37.6. The van der Waals surface area contributed by atoms with Crippen molar-refractivity contribution < 1.29 is 0 Å². The summed E-state index contributed by atoms with van der Waals surface area (Å²) in [4.78, 5) is 15.8. The Hall–Kier alpha value is -6.85. The van der Waals surface area contributed by atoms with Crippen molar-refractivity contribution in [3.63, 3.8) is 0 Å². The molecule has 3 aromatic heterocycles. The Labute approximate surface area is 456 Å². The van der Waals surface area contributed by atoms with Crippen LogP contribution in [0, 0.1) is 52.3 Å². The number of fused-ring (bicyclic) bond motifs is 11. The van der Waals surface area contributed by atoms with E-state index in [4.69, 9.17) is 15.0 Å². The van der Waals surface area contributed by atoms with Crippen LogP contribution in [0.2, 0.25) is 0 Å². The maximum absolute atomic E-state index is 5.33. The minimum absolute atomic E-state index is 0.478. The molecule has 0 saturated heterocycles. The van der Waals surface area contributed by atoms with Gasteiger partial charge in [-0.05, 0) is 170 Å². The molecule has 7 aromatic carbocycles. The Kier molecular flexibility index (Phi) is 12.1. The second-order valence-electron chi connectivity index (χ2n) is 25.4. The minimum Gasteiger partial charge on any atom is -0.309 e. The summed E-state index contributed by atoms with van der Waals surface area (Å²) in [5.41, 5.74) is 12.4. The van der Waals surface area contributed by atoms with Gasteiger partial charge in [0.05, 0.1) is 22.1 Å². The van der Waals surface area contributed by atoms with E-state index in [-0.39, 0.29) is 0 Å². The summed E-state index contributed by atoms with van der Waals surface area (Å²) >= 11 is 0. The van der Waals surface area contributed by atoms with Gasteiger partial charge in [0.15, 0.2) is 17.5 Å². The molecule has 4 saturated carbocycles. The highest BCUT2D eigenvalue weighted by Crippen LogP contribution is 2.69. The fourth-order valence-corrected chi connectivity index (χ4v) is 17.2. The summed E-state index contributed by atoms with van der Waals surface area (Å²) in [6.45, 7) is 12.9. The third kappa shape index (κ3) is 8.19. The second-order valence-corrected chi connectivity index (χ2v) is 25.4. The molecule has 14 rings (SSSR count). The lowest BCUT2D eigenvalue weighted by molar-refractivity contribution is -0.117. The average molecular weight is 1010 g/mol. The van der Waals surface area contributed by atoms with Crippen LogP contribution in [0.4, 0.5) is 0 Å². The molecule has 5 nitrogen and oxygen atoms in total. The van der Waals surface area contributed by atoms with Gasteiger partial charge in [0, 0.05) is 49.6 Å². The van der Waals surface area contributed by atoms with Crippen LogP contribution in [-0.2, 0) is 0 Å². The molecule has 10 aromatic rings. The van der Waals surface area contributed by atoms with E-state index in [0.29, 0.717) is 34.2 Å². The molecule has 4 aliphatic rings. The zero-order valence-electron chi connectivity index (χ0n) is 46.0. The van der Waals surface area contributed by atoms with Crippen molar-refractivity contribution in [2.45, 2.75) is 118 Å². The fourth-order valence-electron chi connectivity index (χ4n) is 17.2. The summed E-state index contributed by atoms with van der Waals surface area (Å²) in [6, 6.07) is 61.7. The van der Waals surface area contributed by atoms with Gasteiger partial charge in [0.25, 0.3) is 0 Å². The van der Waals surface area contributed by atoms with Crippen molar-refractivity contribution in [3.8, 4) is 45.5 Å². The van der Waals surface area contributed by atoms with Crippen LogP contribution >= 0.6 is 0 Å². The van der Waals surface area contributed by atoms with E-state index in [2.05, 4.69) is 214 Å². The molecular formula is C72H75N5. The monoisotopic (exact) mass is 1010 g/mol. The number of nitrogens with zero attached hydrogens (tertiary/aromatic N) is 5. The molecular weight excluding hydrogens is 935 g/mol. The lowest BCUT2D eigenvalue weighted by Crippen LogP contribution is -2.53. The summed E-state index contributed by atoms with van der Waals surface area (Å²) in [5.74, 6) is 8.88. The zero-order valence-corrected chi connectivity index (χ0v) is 46.0. The van der Waals surface area contributed by atoms with E-state index in [1.807, 2.05) is 0 Å². The van der Waals surface area contributed by atoms with Crippen molar-refractivity contribution in [2.75, 3.05) is 0 Å². The lowest BCUT2D eigenvalue weighted by atomic mass is 9.43. The number of hydrogen-bond donors (Lipinski definition) is 0. The van der Waals surface area contributed by atoms with Crippen LogP contribution < -0.4 is 0 Å². The van der Waals surface area contributed by atoms with E-state index < -0.39 is 0 Å². The van der Waals surface area contributed by atoms with Gasteiger partial charge in [0.1, 0.15) is 0 Å². The third-order valence-corrected chi connectivity index (χ3v) is 21.0. The maximum Gasteiger partial charge on any atom is 0.164 e. The molecule has 0 amide bonds. The highest BCUT2D eigenvalue weighted by molar-refractivity contribution is 6.19. The average Bonchev–Trinajstić information content (AvgIpc) is 4.30. The van der Waals surface area contributed by atoms with E-state index >= 15 is 0 Å².